The average Bonchev–Trinajstić information content (AvgIpc) is 2.96. The highest BCUT2D eigenvalue weighted by Crippen LogP contribution is 2.20. The predicted molar refractivity (Wildman–Crippen MR) is 87.1 cm³/mol. The van der Waals surface area contributed by atoms with E-state index < -0.39 is 0 Å². The maximum atomic E-state index is 5.81. The molecular weight excluding hydrogens is 270 g/mol. The second-order valence-corrected chi connectivity index (χ2v) is 6.44. The predicted octanol–water partition coefficient (Wildman–Crippen LogP) is 1.85. The van der Waals surface area contributed by atoms with Gasteiger partial charge in [0.05, 0.1) is 6.10 Å². The number of ether oxygens (including phenoxy) is 1. The lowest BCUT2D eigenvalue weighted by Gasteiger charge is -2.39. The maximum Gasteiger partial charge on any atom is 0.169 e. The quantitative estimate of drug-likeness (QED) is 0.782. The molecule has 0 amide bonds. The van der Waals surface area contributed by atoms with Crippen LogP contribution in [0.3, 0.4) is 0 Å². The Morgan fingerprint density at radius 1 is 1.35 bits per heavy atom. The van der Waals surface area contributed by atoms with Gasteiger partial charge in [0.2, 0.25) is 0 Å². The van der Waals surface area contributed by atoms with E-state index in [1.54, 1.807) is 0 Å². The Hall–Kier alpha value is -0.390. The fraction of sp³-hybridized carbons (Fsp3) is 0.933. The molecule has 20 heavy (non-hydrogen) atoms. The minimum Gasteiger partial charge on any atom is -0.376 e. The highest BCUT2D eigenvalue weighted by atomic mass is 32.1. The Balaban J connectivity index is 1.92. The number of rotatable bonds is 5. The van der Waals surface area contributed by atoms with Crippen LogP contribution in [0.5, 0.6) is 0 Å². The van der Waals surface area contributed by atoms with Crippen molar-refractivity contribution >= 4 is 17.3 Å². The van der Waals surface area contributed by atoms with Gasteiger partial charge in [-0.3, -0.25) is 0 Å². The number of thiocarbonyl (C=S) groups is 1. The van der Waals surface area contributed by atoms with E-state index >= 15 is 0 Å². The second kappa shape index (κ2) is 8.15. The largest absolute Gasteiger partial charge is 0.376 e. The Labute approximate surface area is 128 Å². The van der Waals surface area contributed by atoms with Gasteiger partial charge in [-0.1, -0.05) is 6.92 Å². The zero-order valence-electron chi connectivity index (χ0n) is 12.9. The van der Waals surface area contributed by atoms with Gasteiger partial charge in [-0.25, -0.2) is 0 Å². The van der Waals surface area contributed by atoms with E-state index in [0.29, 0.717) is 12.1 Å². The number of likely N-dealkylation sites (tertiary alicyclic amines) is 1. The number of nitrogens with one attached hydrogen (secondary N) is 1. The molecule has 1 unspecified atom stereocenters. The van der Waals surface area contributed by atoms with E-state index in [1.807, 2.05) is 0 Å². The summed E-state index contributed by atoms with van der Waals surface area (Å²) in [5, 5.41) is 4.33. The molecule has 1 atom stereocenters. The van der Waals surface area contributed by atoms with Gasteiger partial charge < -0.3 is 19.9 Å². The van der Waals surface area contributed by atoms with Gasteiger partial charge in [-0.05, 0) is 64.5 Å². The molecule has 0 bridgehead atoms. The molecule has 0 aliphatic carbocycles. The summed E-state index contributed by atoms with van der Waals surface area (Å²) in [5.41, 5.74) is 0. The minimum absolute atomic E-state index is 0.371. The number of piperidine rings is 1. The average molecular weight is 299 g/mol. The molecule has 0 aromatic heterocycles. The minimum atomic E-state index is 0.371. The molecule has 2 fully saturated rings. The molecular formula is C15H29N3OS. The molecule has 4 nitrogen and oxygen atoms in total. The van der Waals surface area contributed by atoms with Crippen LogP contribution in [0.25, 0.3) is 0 Å². The van der Waals surface area contributed by atoms with Crippen molar-refractivity contribution in [1.29, 1.82) is 0 Å². The van der Waals surface area contributed by atoms with Crippen LogP contribution in [0.1, 0.15) is 39.0 Å². The van der Waals surface area contributed by atoms with Gasteiger partial charge in [0.1, 0.15) is 0 Å². The molecule has 0 saturated carbocycles. The fourth-order valence-electron chi connectivity index (χ4n) is 3.05. The molecule has 1 N–H and O–H groups in total. The van der Waals surface area contributed by atoms with Crippen LogP contribution in [0.15, 0.2) is 0 Å². The first-order valence-electron chi connectivity index (χ1n) is 8.05. The van der Waals surface area contributed by atoms with Crippen LogP contribution in [0, 0.1) is 0 Å². The van der Waals surface area contributed by atoms with Crippen molar-refractivity contribution < 1.29 is 4.74 Å². The van der Waals surface area contributed by atoms with E-state index in [9.17, 15) is 0 Å². The van der Waals surface area contributed by atoms with Crippen molar-refractivity contribution in [2.24, 2.45) is 0 Å². The van der Waals surface area contributed by atoms with Crippen LogP contribution in [-0.2, 0) is 4.74 Å². The van der Waals surface area contributed by atoms with Crippen molar-refractivity contribution in [2.45, 2.75) is 51.2 Å². The van der Waals surface area contributed by atoms with Crippen LogP contribution in [-0.4, -0.2) is 66.9 Å². The maximum absolute atomic E-state index is 5.81. The third-order valence-electron chi connectivity index (χ3n) is 4.34. The van der Waals surface area contributed by atoms with Crippen molar-refractivity contribution in [3.8, 4) is 0 Å². The van der Waals surface area contributed by atoms with E-state index in [0.717, 1.165) is 31.2 Å². The summed E-state index contributed by atoms with van der Waals surface area (Å²) in [7, 11) is 2.20. The summed E-state index contributed by atoms with van der Waals surface area (Å²) in [6.45, 7) is 7.36. The van der Waals surface area contributed by atoms with Crippen molar-refractivity contribution in [3.05, 3.63) is 0 Å². The van der Waals surface area contributed by atoms with E-state index in [-0.39, 0.29) is 0 Å². The Morgan fingerprint density at radius 3 is 2.70 bits per heavy atom. The molecule has 0 spiro atoms. The third-order valence-corrected chi connectivity index (χ3v) is 4.72. The van der Waals surface area contributed by atoms with Crippen molar-refractivity contribution in [2.75, 3.05) is 39.8 Å². The lowest BCUT2D eigenvalue weighted by Crippen LogP contribution is -2.52. The molecule has 5 heteroatoms. The van der Waals surface area contributed by atoms with Crippen LogP contribution >= 0.6 is 12.2 Å². The fourth-order valence-corrected chi connectivity index (χ4v) is 3.37. The molecule has 2 aliphatic heterocycles. The lowest BCUT2D eigenvalue weighted by molar-refractivity contribution is 0.0712. The Bertz CT molecular complexity index is 299. The Morgan fingerprint density at radius 2 is 2.10 bits per heavy atom. The first kappa shape index (κ1) is 16.0. The topological polar surface area (TPSA) is 27.7 Å². The lowest BCUT2D eigenvalue weighted by atomic mass is 10.0. The van der Waals surface area contributed by atoms with Crippen LogP contribution in [0.4, 0.5) is 0 Å². The second-order valence-electron chi connectivity index (χ2n) is 6.05. The third kappa shape index (κ3) is 4.57. The summed E-state index contributed by atoms with van der Waals surface area (Å²) >= 11 is 5.63. The van der Waals surface area contributed by atoms with Gasteiger partial charge in [-0.15, -0.1) is 0 Å². The van der Waals surface area contributed by atoms with Gasteiger partial charge >= 0.3 is 0 Å². The number of nitrogens with zero attached hydrogens (tertiary/aromatic N) is 2. The molecule has 116 valence electrons. The summed E-state index contributed by atoms with van der Waals surface area (Å²) in [6.07, 6.45) is 6.27. The van der Waals surface area contributed by atoms with Gasteiger partial charge in [0.25, 0.3) is 0 Å². The van der Waals surface area contributed by atoms with E-state index in [4.69, 9.17) is 17.0 Å². The standard InChI is InChI=1S/C15H29N3OS/c1-3-8-16-15(20)18(12-14-5-4-11-19-14)13-6-9-17(2)10-7-13/h13-14H,3-12H2,1-2H3,(H,16,20). The van der Waals surface area contributed by atoms with Gasteiger partial charge in [0, 0.05) is 25.7 Å². The summed E-state index contributed by atoms with van der Waals surface area (Å²) < 4.78 is 5.81. The summed E-state index contributed by atoms with van der Waals surface area (Å²) in [5.74, 6) is 0. The van der Waals surface area contributed by atoms with Crippen molar-refractivity contribution in [3.63, 3.8) is 0 Å². The van der Waals surface area contributed by atoms with Crippen LogP contribution < -0.4 is 5.32 Å². The first-order valence-corrected chi connectivity index (χ1v) is 8.46. The molecule has 0 aromatic rings. The normalized spacial score (nSPS) is 24.8. The highest BCUT2D eigenvalue weighted by molar-refractivity contribution is 7.80. The summed E-state index contributed by atoms with van der Waals surface area (Å²) in [6, 6.07) is 0.576. The number of hydrogen-bond donors (Lipinski definition) is 1. The van der Waals surface area contributed by atoms with E-state index in [1.165, 1.54) is 38.8 Å². The molecule has 2 aliphatic rings. The van der Waals surface area contributed by atoms with Gasteiger partial charge in [-0.2, -0.15) is 0 Å². The zero-order chi connectivity index (χ0) is 14.4. The monoisotopic (exact) mass is 299 g/mol. The Kier molecular flexibility index (Phi) is 6.52. The summed E-state index contributed by atoms with van der Waals surface area (Å²) in [4.78, 5) is 4.82. The molecule has 2 rings (SSSR count). The molecule has 2 saturated heterocycles. The molecule has 0 aromatic carbocycles. The molecule has 0 radical (unpaired) electrons. The van der Waals surface area contributed by atoms with Gasteiger partial charge in [0.15, 0.2) is 5.11 Å². The van der Waals surface area contributed by atoms with E-state index in [2.05, 4.69) is 29.1 Å². The molecule has 2 heterocycles. The SMILES string of the molecule is CCCNC(=S)N(CC1CCCO1)C1CCN(C)CC1. The first-order chi connectivity index (χ1) is 9.70. The zero-order valence-corrected chi connectivity index (χ0v) is 13.8. The highest BCUT2D eigenvalue weighted by Gasteiger charge is 2.28. The van der Waals surface area contributed by atoms with Crippen LogP contribution in [0.2, 0.25) is 0 Å². The van der Waals surface area contributed by atoms with Crippen molar-refractivity contribution in [1.82, 2.24) is 15.1 Å². The number of hydrogen-bond acceptors (Lipinski definition) is 3. The smallest absolute Gasteiger partial charge is 0.169 e.